The van der Waals surface area contributed by atoms with E-state index < -0.39 is 11.9 Å². The van der Waals surface area contributed by atoms with Crippen LogP contribution >= 0.6 is 0 Å². The lowest BCUT2D eigenvalue weighted by molar-refractivity contribution is -0.111. The number of aromatic carboxylic acids is 1. The molecule has 1 aromatic heterocycles. The first-order chi connectivity index (χ1) is 9.99. The van der Waals surface area contributed by atoms with Crippen LogP contribution in [0.1, 0.15) is 21.6 Å². The number of aromatic nitrogens is 2. The lowest BCUT2D eigenvalue weighted by Gasteiger charge is -2.09. The third kappa shape index (κ3) is 3.36. The zero-order valence-electron chi connectivity index (χ0n) is 11.7. The minimum absolute atomic E-state index is 0.0669. The van der Waals surface area contributed by atoms with Crippen molar-refractivity contribution in [2.75, 3.05) is 5.32 Å². The Morgan fingerprint density at radius 1 is 1.33 bits per heavy atom. The molecule has 2 N–H and O–H groups in total. The molecule has 0 radical (unpaired) electrons. The van der Waals surface area contributed by atoms with Gasteiger partial charge in [0, 0.05) is 19.3 Å². The molecule has 0 saturated heterocycles. The highest BCUT2D eigenvalue weighted by molar-refractivity contribution is 6.06. The summed E-state index contributed by atoms with van der Waals surface area (Å²) in [6.07, 6.45) is 4.58. The Bertz CT molecular complexity index is 717. The minimum atomic E-state index is -1.08. The maximum Gasteiger partial charge on any atom is 0.337 e. The van der Waals surface area contributed by atoms with Crippen LogP contribution in [0.2, 0.25) is 0 Å². The molecule has 2 aromatic rings. The van der Waals surface area contributed by atoms with Crippen LogP contribution in [0.3, 0.4) is 0 Å². The van der Waals surface area contributed by atoms with Crippen molar-refractivity contribution >= 4 is 23.6 Å². The first kappa shape index (κ1) is 14.5. The first-order valence-electron chi connectivity index (χ1n) is 6.29. The number of nitrogens with one attached hydrogen (secondary N) is 1. The van der Waals surface area contributed by atoms with Crippen LogP contribution in [0.5, 0.6) is 0 Å². The lowest BCUT2D eigenvalue weighted by atomic mass is 10.1. The molecule has 1 heterocycles. The molecular formula is C15H15N3O3. The van der Waals surface area contributed by atoms with Gasteiger partial charge in [0.2, 0.25) is 5.91 Å². The predicted molar refractivity (Wildman–Crippen MR) is 79.0 cm³/mol. The Labute approximate surface area is 121 Å². The quantitative estimate of drug-likeness (QED) is 0.842. The third-order valence-electron chi connectivity index (χ3n) is 3.02. The molecule has 0 atom stereocenters. The zero-order chi connectivity index (χ0) is 15.4. The zero-order valence-corrected chi connectivity index (χ0v) is 11.7. The maximum atomic E-state index is 11.9. The second-order valence-corrected chi connectivity index (χ2v) is 4.50. The Kier molecular flexibility index (Phi) is 4.18. The summed E-state index contributed by atoms with van der Waals surface area (Å²) in [6.45, 7) is 1.74. The van der Waals surface area contributed by atoms with Gasteiger partial charge < -0.3 is 10.4 Å². The number of hydrogen-bond acceptors (Lipinski definition) is 3. The van der Waals surface area contributed by atoms with Crippen molar-refractivity contribution in [1.82, 2.24) is 9.78 Å². The average Bonchev–Trinajstić information content (AvgIpc) is 2.84. The van der Waals surface area contributed by atoms with Crippen molar-refractivity contribution in [3.8, 4) is 0 Å². The number of para-hydroxylation sites is 1. The van der Waals surface area contributed by atoms with Gasteiger partial charge in [-0.1, -0.05) is 12.1 Å². The van der Waals surface area contributed by atoms with Gasteiger partial charge in [0.1, 0.15) is 0 Å². The third-order valence-corrected chi connectivity index (χ3v) is 3.02. The summed E-state index contributed by atoms with van der Waals surface area (Å²) in [7, 11) is 1.77. The number of amides is 1. The highest BCUT2D eigenvalue weighted by Gasteiger charge is 2.13. The molecule has 0 aliphatic heterocycles. The fraction of sp³-hybridized carbons (Fsp3) is 0.133. The monoisotopic (exact) mass is 285 g/mol. The Morgan fingerprint density at radius 2 is 2.10 bits per heavy atom. The summed E-state index contributed by atoms with van der Waals surface area (Å²) in [4.78, 5) is 23.1. The summed E-state index contributed by atoms with van der Waals surface area (Å²) < 4.78 is 1.63. The van der Waals surface area contributed by atoms with Crippen molar-refractivity contribution < 1.29 is 14.7 Å². The van der Waals surface area contributed by atoms with Gasteiger partial charge in [-0.3, -0.25) is 9.48 Å². The number of carboxylic acid groups (broad SMARTS) is 1. The SMILES string of the molecule is Cc1cccc(C(=O)O)c1NC(=O)/C=C/c1ccnn1C. The van der Waals surface area contributed by atoms with E-state index in [9.17, 15) is 9.59 Å². The fourth-order valence-corrected chi connectivity index (χ4v) is 1.89. The lowest BCUT2D eigenvalue weighted by Crippen LogP contribution is -2.13. The van der Waals surface area contributed by atoms with Gasteiger partial charge in [-0.05, 0) is 30.7 Å². The van der Waals surface area contributed by atoms with E-state index in [-0.39, 0.29) is 5.56 Å². The summed E-state index contributed by atoms with van der Waals surface area (Å²) in [5.74, 6) is -1.47. The highest BCUT2D eigenvalue weighted by atomic mass is 16.4. The van der Waals surface area contributed by atoms with Crippen molar-refractivity contribution in [3.05, 3.63) is 53.4 Å². The van der Waals surface area contributed by atoms with Crippen molar-refractivity contribution in [3.63, 3.8) is 0 Å². The molecule has 6 heteroatoms. The fourth-order valence-electron chi connectivity index (χ4n) is 1.89. The molecular weight excluding hydrogens is 270 g/mol. The second kappa shape index (κ2) is 6.04. The predicted octanol–water partition coefficient (Wildman–Crippen LogP) is 2.08. The maximum absolute atomic E-state index is 11.9. The number of rotatable bonds is 4. The van der Waals surface area contributed by atoms with Crippen LogP contribution in [0.4, 0.5) is 5.69 Å². The van der Waals surface area contributed by atoms with E-state index in [4.69, 9.17) is 5.11 Å². The van der Waals surface area contributed by atoms with E-state index >= 15 is 0 Å². The van der Waals surface area contributed by atoms with E-state index in [2.05, 4.69) is 10.4 Å². The molecule has 0 saturated carbocycles. The van der Waals surface area contributed by atoms with Gasteiger partial charge in [0.15, 0.2) is 0 Å². The summed E-state index contributed by atoms with van der Waals surface area (Å²) in [5.41, 5.74) is 1.84. The van der Waals surface area contributed by atoms with Gasteiger partial charge in [0.25, 0.3) is 0 Å². The number of benzene rings is 1. The smallest absolute Gasteiger partial charge is 0.337 e. The molecule has 0 fully saturated rings. The Hall–Kier alpha value is -2.89. The number of aryl methyl sites for hydroxylation is 2. The summed E-state index contributed by atoms with van der Waals surface area (Å²) in [5, 5.41) is 15.7. The van der Waals surface area contributed by atoms with Gasteiger partial charge >= 0.3 is 5.97 Å². The molecule has 21 heavy (non-hydrogen) atoms. The van der Waals surface area contributed by atoms with Crippen molar-refractivity contribution in [2.24, 2.45) is 7.05 Å². The van der Waals surface area contributed by atoms with Crippen LogP contribution < -0.4 is 5.32 Å². The van der Waals surface area contributed by atoms with Gasteiger partial charge in [0.05, 0.1) is 16.9 Å². The van der Waals surface area contributed by atoms with E-state index in [0.29, 0.717) is 11.3 Å². The molecule has 0 bridgehead atoms. The minimum Gasteiger partial charge on any atom is -0.478 e. The van der Waals surface area contributed by atoms with E-state index in [1.54, 1.807) is 49.1 Å². The standard InChI is InChI=1S/C15H15N3O3/c1-10-4-3-5-12(15(20)21)14(10)17-13(19)7-6-11-8-9-16-18(11)2/h3-9H,1-2H3,(H,17,19)(H,20,21)/b7-6+. The molecule has 0 spiro atoms. The number of anilines is 1. The largest absolute Gasteiger partial charge is 0.478 e. The number of carbonyl (C=O) groups is 2. The molecule has 0 unspecified atom stereocenters. The molecule has 108 valence electrons. The molecule has 1 aromatic carbocycles. The topological polar surface area (TPSA) is 84.2 Å². The number of hydrogen-bond donors (Lipinski definition) is 2. The molecule has 6 nitrogen and oxygen atoms in total. The first-order valence-corrected chi connectivity index (χ1v) is 6.29. The second-order valence-electron chi connectivity index (χ2n) is 4.50. The average molecular weight is 285 g/mol. The van der Waals surface area contributed by atoms with Crippen molar-refractivity contribution in [1.29, 1.82) is 0 Å². The normalized spacial score (nSPS) is 10.8. The van der Waals surface area contributed by atoms with Crippen LogP contribution in [-0.2, 0) is 11.8 Å². The van der Waals surface area contributed by atoms with Crippen LogP contribution in [-0.4, -0.2) is 26.8 Å². The van der Waals surface area contributed by atoms with Crippen molar-refractivity contribution in [2.45, 2.75) is 6.92 Å². The van der Waals surface area contributed by atoms with Crippen LogP contribution in [0.25, 0.3) is 6.08 Å². The van der Waals surface area contributed by atoms with Gasteiger partial charge in [-0.25, -0.2) is 4.79 Å². The number of carbonyl (C=O) groups excluding carboxylic acids is 1. The van der Waals surface area contributed by atoms with E-state index in [0.717, 1.165) is 5.69 Å². The van der Waals surface area contributed by atoms with Crippen LogP contribution in [0.15, 0.2) is 36.5 Å². The molecule has 1 amide bonds. The van der Waals surface area contributed by atoms with Gasteiger partial charge in [-0.2, -0.15) is 5.10 Å². The molecule has 2 rings (SSSR count). The molecule has 0 aliphatic carbocycles. The summed E-state index contributed by atoms with van der Waals surface area (Å²) in [6, 6.07) is 6.60. The van der Waals surface area contributed by atoms with E-state index in [1.807, 2.05) is 0 Å². The molecule has 0 aliphatic rings. The number of nitrogens with zero attached hydrogens (tertiary/aromatic N) is 2. The highest BCUT2D eigenvalue weighted by Crippen LogP contribution is 2.20. The Morgan fingerprint density at radius 3 is 2.71 bits per heavy atom. The number of carboxylic acids is 1. The van der Waals surface area contributed by atoms with Crippen LogP contribution in [0, 0.1) is 6.92 Å². The summed E-state index contributed by atoms with van der Waals surface area (Å²) >= 11 is 0. The van der Waals surface area contributed by atoms with E-state index in [1.165, 1.54) is 12.1 Å². The van der Waals surface area contributed by atoms with Gasteiger partial charge in [-0.15, -0.1) is 0 Å². The Balaban J connectivity index is 2.19.